The minimum atomic E-state index is 0.118. The van der Waals surface area contributed by atoms with Gasteiger partial charge in [-0.3, -0.25) is 4.79 Å². The standard InChI is InChI=1S/C23H29N7O2/c1-15(2)21-26-23(32-27-21)28-12-10-19(11-13-28)29(18-8-9-18)22(31)17-4-6-20(7-5-17)30-16(3)24-14-25-30/h4-7,14-15,18-19H,8-13H2,1-3H3. The molecule has 5 rings (SSSR count). The summed E-state index contributed by atoms with van der Waals surface area (Å²) in [5.41, 5.74) is 1.63. The van der Waals surface area contributed by atoms with Crippen molar-refractivity contribution < 1.29 is 9.32 Å². The lowest BCUT2D eigenvalue weighted by Crippen LogP contribution is -2.48. The summed E-state index contributed by atoms with van der Waals surface area (Å²) in [4.78, 5) is 26.4. The van der Waals surface area contributed by atoms with E-state index >= 15 is 0 Å². The molecule has 1 saturated carbocycles. The molecule has 1 aliphatic carbocycles. The molecule has 2 fully saturated rings. The molecule has 1 saturated heterocycles. The van der Waals surface area contributed by atoms with E-state index in [1.807, 2.05) is 31.2 Å². The van der Waals surface area contributed by atoms with E-state index in [9.17, 15) is 4.79 Å². The van der Waals surface area contributed by atoms with Crippen molar-refractivity contribution in [3.63, 3.8) is 0 Å². The van der Waals surface area contributed by atoms with Crippen LogP contribution in [0.3, 0.4) is 0 Å². The first-order valence-electron chi connectivity index (χ1n) is 11.4. The Hall–Kier alpha value is -3.23. The Kier molecular flexibility index (Phi) is 5.40. The highest BCUT2D eigenvalue weighted by atomic mass is 16.5. The first-order valence-corrected chi connectivity index (χ1v) is 11.4. The average Bonchev–Trinajstić information content (AvgIpc) is 3.32. The number of carbonyl (C=O) groups is 1. The van der Waals surface area contributed by atoms with Crippen molar-refractivity contribution in [3.8, 4) is 5.69 Å². The van der Waals surface area contributed by atoms with Crippen molar-refractivity contribution in [1.29, 1.82) is 0 Å². The molecular formula is C23H29N7O2. The summed E-state index contributed by atoms with van der Waals surface area (Å²) in [5.74, 6) is 1.92. The molecule has 9 nitrogen and oxygen atoms in total. The van der Waals surface area contributed by atoms with Gasteiger partial charge in [0.2, 0.25) is 0 Å². The van der Waals surface area contributed by atoms with Crippen molar-refractivity contribution >= 4 is 11.9 Å². The van der Waals surface area contributed by atoms with Crippen LogP contribution >= 0.6 is 0 Å². The van der Waals surface area contributed by atoms with Gasteiger partial charge in [-0.2, -0.15) is 10.1 Å². The van der Waals surface area contributed by atoms with Gasteiger partial charge in [0.25, 0.3) is 5.91 Å². The molecule has 2 aromatic heterocycles. The lowest BCUT2D eigenvalue weighted by Gasteiger charge is -2.38. The second-order valence-corrected chi connectivity index (χ2v) is 9.02. The van der Waals surface area contributed by atoms with E-state index in [1.165, 1.54) is 6.33 Å². The van der Waals surface area contributed by atoms with Gasteiger partial charge in [0.05, 0.1) is 5.69 Å². The molecule has 1 amide bonds. The molecule has 2 aliphatic rings. The fourth-order valence-corrected chi connectivity index (χ4v) is 4.35. The summed E-state index contributed by atoms with van der Waals surface area (Å²) in [6.45, 7) is 7.64. The molecule has 168 valence electrons. The monoisotopic (exact) mass is 435 g/mol. The molecule has 0 N–H and O–H groups in total. The lowest BCUT2D eigenvalue weighted by atomic mass is 10.0. The molecule has 0 radical (unpaired) electrons. The maximum atomic E-state index is 13.5. The van der Waals surface area contributed by atoms with Crippen LogP contribution in [0.15, 0.2) is 35.1 Å². The predicted octanol–water partition coefficient (Wildman–Crippen LogP) is 3.36. The first kappa shape index (κ1) is 20.7. The zero-order chi connectivity index (χ0) is 22.2. The number of benzene rings is 1. The number of carbonyl (C=O) groups excluding carboxylic acids is 1. The Balaban J connectivity index is 1.27. The fourth-order valence-electron chi connectivity index (χ4n) is 4.35. The van der Waals surface area contributed by atoms with Gasteiger partial charge in [-0.15, -0.1) is 0 Å². The van der Waals surface area contributed by atoms with Crippen molar-refractivity contribution in [3.05, 3.63) is 47.8 Å². The Bertz CT molecular complexity index is 1080. The van der Waals surface area contributed by atoms with Gasteiger partial charge >= 0.3 is 6.01 Å². The molecule has 0 unspecified atom stereocenters. The number of hydrogen-bond acceptors (Lipinski definition) is 7. The summed E-state index contributed by atoms with van der Waals surface area (Å²) < 4.78 is 7.23. The Morgan fingerprint density at radius 1 is 1.09 bits per heavy atom. The molecule has 1 aromatic carbocycles. The van der Waals surface area contributed by atoms with Crippen LogP contribution in [0.5, 0.6) is 0 Å². The Morgan fingerprint density at radius 2 is 1.78 bits per heavy atom. The molecular weight excluding hydrogens is 406 g/mol. The van der Waals surface area contributed by atoms with E-state index in [2.05, 4.69) is 43.9 Å². The van der Waals surface area contributed by atoms with E-state index < -0.39 is 0 Å². The van der Waals surface area contributed by atoms with Crippen molar-refractivity contribution in [1.82, 2.24) is 29.8 Å². The molecule has 0 bridgehead atoms. The number of piperidine rings is 1. The Labute approximate surface area is 187 Å². The lowest BCUT2D eigenvalue weighted by molar-refractivity contribution is 0.0629. The zero-order valence-electron chi connectivity index (χ0n) is 18.8. The largest absolute Gasteiger partial charge is 0.333 e. The third-order valence-electron chi connectivity index (χ3n) is 6.33. The van der Waals surface area contributed by atoms with Gasteiger partial charge in [0.15, 0.2) is 5.82 Å². The van der Waals surface area contributed by atoms with Crippen LogP contribution in [0.4, 0.5) is 6.01 Å². The number of hydrogen-bond donors (Lipinski definition) is 0. The minimum Gasteiger partial charge on any atom is -0.333 e. The number of nitrogens with zero attached hydrogens (tertiary/aromatic N) is 7. The molecule has 32 heavy (non-hydrogen) atoms. The van der Waals surface area contributed by atoms with E-state index in [-0.39, 0.29) is 17.9 Å². The minimum absolute atomic E-state index is 0.118. The second-order valence-electron chi connectivity index (χ2n) is 9.02. The number of anilines is 1. The molecule has 9 heteroatoms. The van der Waals surface area contributed by atoms with Crippen LogP contribution in [0, 0.1) is 6.92 Å². The van der Waals surface area contributed by atoms with E-state index in [1.54, 1.807) is 4.68 Å². The van der Waals surface area contributed by atoms with Gasteiger partial charge < -0.3 is 14.3 Å². The normalized spacial score (nSPS) is 17.2. The van der Waals surface area contributed by atoms with Crippen LogP contribution in [0.1, 0.15) is 67.5 Å². The van der Waals surface area contributed by atoms with Gasteiger partial charge in [-0.1, -0.05) is 19.0 Å². The number of aryl methyl sites for hydroxylation is 1. The summed E-state index contributed by atoms with van der Waals surface area (Å²) in [6.07, 6.45) is 5.51. The molecule has 1 aliphatic heterocycles. The molecule has 3 heterocycles. The topological polar surface area (TPSA) is 93.2 Å². The van der Waals surface area contributed by atoms with Crippen LogP contribution in [0.25, 0.3) is 5.69 Å². The summed E-state index contributed by atoms with van der Waals surface area (Å²) >= 11 is 0. The summed E-state index contributed by atoms with van der Waals surface area (Å²) in [7, 11) is 0. The van der Waals surface area contributed by atoms with Gasteiger partial charge in [-0.05, 0) is 56.9 Å². The third-order valence-corrected chi connectivity index (χ3v) is 6.33. The fraction of sp³-hybridized carbons (Fsp3) is 0.522. The van der Waals surface area contributed by atoms with Crippen molar-refractivity contribution in [2.24, 2.45) is 0 Å². The number of amides is 1. The summed E-state index contributed by atoms with van der Waals surface area (Å²) in [5, 5.41) is 8.32. The van der Waals surface area contributed by atoms with E-state index in [0.29, 0.717) is 12.1 Å². The van der Waals surface area contributed by atoms with Gasteiger partial charge in [-0.25, -0.2) is 9.67 Å². The number of aromatic nitrogens is 5. The van der Waals surface area contributed by atoms with Gasteiger partial charge in [0.1, 0.15) is 12.2 Å². The van der Waals surface area contributed by atoms with Crippen molar-refractivity contribution in [2.75, 3.05) is 18.0 Å². The van der Waals surface area contributed by atoms with Crippen LogP contribution < -0.4 is 4.90 Å². The van der Waals surface area contributed by atoms with Crippen LogP contribution in [-0.2, 0) is 0 Å². The smallest absolute Gasteiger partial charge is 0.324 e. The highest BCUT2D eigenvalue weighted by Crippen LogP contribution is 2.34. The van der Waals surface area contributed by atoms with E-state index in [0.717, 1.165) is 61.7 Å². The summed E-state index contributed by atoms with van der Waals surface area (Å²) in [6, 6.07) is 8.85. The highest BCUT2D eigenvalue weighted by molar-refractivity contribution is 5.95. The molecule has 0 atom stereocenters. The Morgan fingerprint density at radius 3 is 2.34 bits per heavy atom. The molecule has 3 aromatic rings. The third kappa shape index (κ3) is 3.99. The van der Waals surface area contributed by atoms with Crippen molar-refractivity contribution in [2.45, 2.75) is 64.5 Å². The molecule has 0 spiro atoms. The number of rotatable bonds is 6. The average molecular weight is 436 g/mol. The first-order chi connectivity index (χ1) is 15.5. The highest BCUT2D eigenvalue weighted by Gasteiger charge is 2.39. The van der Waals surface area contributed by atoms with E-state index in [4.69, 9.17) is 4.52 Å². The zero-order valence-corrected chi connectivity index (χ0v) is 18.8. The predicted molar refractivity (Wildman–Crippen MR) is 119 cm³/mol. The van der Waals surface area contributed by atoms with Gasteiger partial charge in [0, 0.05) is 36.7 Å². The maximum absolute atomic E-state index is 13.5. The maximum Gasteiger partial charge on any atom is 0.324 e. The quantitative estimate of drug-likeness (QED) is 0.586. The second kappa shape index (κ2) is 8.37. The van der Waals surface area contributed by atoms with Crippen LogP contribution in [-0.4, -0.2) is 60.9 Å². The SMILES string of the molecule is Cc1ncnn1-c1ccc(C(=O)N(C2CC2)C2CCN(c3nc(C(C)C)no3)CC2)cc1. The van der Waals surface area contributed by atoms with Crippen LogP contribution in [0.2, 0.25) is 0 Å².